The Morgan fingerprint density at radius 1 is 1.08 bits per heavy atom. The Morgan fingerprint density at radius 2 is 1.81 bits per heavy atom. The lowest BCUT2D eigenvalue weighted by atomic mass is 10.1. The molecule has 26 heavy (non-hydrogen) atoms. The molecule has 1 heterocycles. The van der Waals surface area contributed by atoms with Gasteiger partial charge in [-0.2, -0.15) is 0 Å². The Kier molecular flexibility index (Phi) is 4.79. The van der Waals surface area contributed by atoms with E-state index in [1.165, 1.54) is 18.4 Å². The molecule has 1 aliphatic carbocycles. The van der Waals surface area contributed by atoms with Gasteiger partial charge in [0.15, 0.2) is 0 Å². The minimum atomic E-state index is 0.182. The first-order chi connectivity index (χ1) is 12.8. The third kappa shape index (κ3) is 3.52. The molecule has 0 spiro atoms. The predicted molar refractivity (Wildman–Crippen MR) is 106 cm³/mol. The molecule has 3 heteroatoms. The van der Waals surface area contributed by atoms with E-state index in [4.69, 9.17) is 0 Å². The zero-order chi connectivity index (χ0) is 17.9. The molecule has 3 nitrogen and oxygen atoms in total. The van der Waals surface area contributed by atoms with Gasteiger partial charge in [-0.1, -0.05) is 55.5 Å². The molecule has 1 amide bonds. The molecule has 2 aromatic carbocycles. The van der Waals surface area contributed by atoms with E-state index in [2.05, 4.69) is 59.0 Å². The second-order valence-corrected chi connectivity index (χ2v) is 7.37. The molecular formula is C23H26N2O. The van der Waals surface area contributed by atoms with Gasteiger partial charge in [0.25, 0.3) is 5.91 Å². The van der Waals surface area contributed by atoms with Crippen LogP contribution in [0.15, 0.2) is 60.8 Å². The Balaban J connectivity index is 1.69. The van der Waals surface area contributed by atoms with E-state index in [1.54, 1.807) is 0 Å². The molecule has 0 radical (unpaired) electrons. The van der Waals surface area contributed by atoms with E-state index in [0.29, 0.717) is 5.92 Å². The number of nitrogens with zero attached hydrogens (tertiary/aromatic N) is 2. The number of carbonyl (C=O) groups excluding carboxylic acids is 1. The smallest absolute Gasteiger partial charge is 0.256 e. The molecule has 0 bridgehead atoms. The highest BCUT2D eigenvalue weighted by Crippen LogP contribution is 2.31. The van der Waals surface area contributed by atoms with Gasteiger partial charge in [-0.05, 0) is 36.8 Å². The van der Waals surface area contributed by atoms with Crippen LogP contribution in [0.2, 0.25) is 0 Å². The number of benzene rings is 2. The molecular weight excluding hydrogens is 320 g/mol. The van der Waals surface area contributed by atoms with Crippen LogP contribution in [0, 0.1) is 5.92 Å². The van der Waals surface area contributed by atoms with E-state index in [0.717, 1.165) is 42.5 Å². The average molecular weight is 346 g/mol. The maximum absolute atomic E-state index is 13.3. The standard InChI is InChI=1S/C23H26N2O/c1-2-14-24(15-19-12-13-19)23(26)21-17-25(16-18-8-4-3-5-9-18)22-11-7-6-10-20(21)22/h3-11,17,19H,2,12-16H2,1H3. The summed E-state index contributed by atoms with van der Waals surface area (Å²) >= 11 is 0. The van der Waals surface area contributed by atoms with Crippen LogP contribution in [0.4, 0.5) is 0 Å². The second kappa shape index (κ2) is 7.36. The number of fused-ring (bicyclic) bond motifs is 1. The van der Waals surface area contributed by atoms with Crippen molar-refractivity contribution in [3.05, 3.63) is 71.9 Å². The molecule has 0 saturated heterocycles. The third-order valence-electron chi connectivity index (χ3n) is 5.17. The summed E-state index contributed by atoms with van der Waals surface area (Å²) < 4.78 is 2.21. The van der Waals surface area contributed by atoms with Crippen molar-refractivity contribution in [2.75, 3.05) is 13.1 Å². The van der Waals surface area contributed by atoms with Crippen molar-refractivity contribution in [3.63, 3.8) is 0 Å². The van der Waals surface area contributed by atoms with Crippen molar-refractivity contribution in [2.24, 2.45) is 5.92 Å². The van der Waals surface area contributed by atoms with Gasteiger partial charge in [0.2, 0.25) is 0 Å². The Hall–Kier alpha value is -2.55. The molecule has 0 unspecified atom stereocenters. The summed E-state index contributed by atoms with van der Waals surface area (Å²) in [5.74, 6) is 0.893. The van der Waals surface area contributed by atoms with Crippen LogP contribution in [0.3, 0.4) is 0 Å². The summed E-state index contributed by atoms with van der Waals surface area (Å²) in [6.07, 6.45) is 5.59. The summed E-state index contributed by atoms with van der Waals surface area (Å²) in [7, 11) is 0. The Bertz CT molecular complexity index is 893. The molecule has 134 valence electrons. The summed E-state index contributed by atoms with van der Waals surface area (Å²) in [5.41, 5.74) is 3.21. The van der Waals surface area contributed by atoms with Gasteiger partial charge in [-0.3, -0.25) is 4.79 Å². The van der Waals surface area contributed by atoms with Gasteiger partial charge in [0, 0.05) is 36.7 Å². The second-order valence-electron chi connectivity index (χ2n) is 7.37. The first kappa shape index (κ1) is 16.9. The van der Waals surface area contributed by atoms with Gasteiger partial charge in [-0.15, -0.1) is 0 Å². The normalized spacial score (nSPS) is 13.9. The van der Waals surface area contributed by atoms with Gasteiger partial charge < -0.3 is 9.47 Å². The Labute approximate surface area is 155 Å². The van der Waals surface area contributed by atoms with Gasteiger partial charge in [0.05, 0.1) is 5.56 Å². The van der Waals surface area contributed by atoms with Gasteiger partial charge in [0.1, 0.15) is 0 Å². The molecule has 1 fully saturated rings. The summed E-state index contributed by atoms with van der Waals surface area (Å²) in [4.78, 5) is 15.4. The SMILES string of the molecule is CCCN(CC1CC1)C(=O)c1cn(Cc2ccccc2)c2ccccc12. The maximum atomic E-state index is 13.3. The monoisotopic (exact) mass is 346 g/mol. The fourth-order valence-electron chi connectivity index (χ4n) is 3.66. The highest BCUT2D eigenvalue weighted by molar-refractivity contribution is 6.07. The zero-order valence-electron chi connectivity index (χ0n) is 15.4. The van der Waals surface area contributed by atoms with Crippen molar-refractivity contribution >= 4 is 16.8 Å². The topological polar surface area (TPSA) is 25.2 Å². The van der Waals surface area contributed by atoms with Crippen LogP contribution in [0.25, 0.3) is 10.9 Å². The minimum absolute atomic E-state index is 0.182. The summed E-state index contributed by atoms with van der Waals surface area (Å²) in [5, 5.41) is 1.06. The largest absolute Gasteiger partial charge is 0.342 e. The zero-order valence-corrected chi connectivity index (χ0v) is 15.4. The number of rotatable bonds is 7. The summed E-state index contributed by atoms with van der Waals surface area (Å²) in [6, 6.07) is 18.7. The number of carbonyl (C=O) groups is 1. The van der Waals surface area contributed by atoms with Gasteiger partial charge >= 0.3 is 0 Å². The molecule has 1 saturated carbocycles. The molecule has 4 rings (SSSR count). The number of hydrogen-bond donors (Lipinski definition) is 0. The van der Waals surface area contributed by atoms with E-state index >= 15 is 0 Å². The van der Waals surface area contributed by atoms with Crippen LogP contribution >= 0.6 is 0 Å². The van der Waals surface area contributed by atoms with Crippen molar-refractivity contribution < 1.29 is 4.79 Å². The quantitative estimate of drug-likeness (QED) is 0.594. The first-order valence-corrected chi connectivity index (χ1v) is 9.67. The number of para-hydroxylation sites is 1. The van der Waals surface area contributed by atoms with E-state index < -0.39 is 0 Å². The van der Waals surface area contributed by atoms with E-state index in [1.807, 2.05) is 18.2 Å². The lowest BCUT2D eigenvalue weighted by Gasteiger charge is -2.21. The van der Waals surface area contributed by atoms with E-state index in [-0.39, 0.29) is 5.91 Å². The lowest BCUT2D eigenvalue weighted by molar-refractivity contribution is 0.0749. The third-order valence-corrected chi connectivity index (χ3v) is 5.17. The highest BCUT2D eigenvalue weighted by atomic mass is 16.2. The molecule has 3 aromatic rings. The highest BCUT2D eigenvalue weighted by Gasteiger charge is 2.28. The van der Waals surface area contributed by atoms with Crippen molar-refractivity contribution in [1.29, 1.82) is 0 Å². The molecule has 0 N–H and O–H groups in total. The van der Waals surface area contributed by atoms with Crippen LogP contribution in [0.1, 0.15) is 42.1 Å². The van der Waals surface area contributed by atoms with Crippen LogP contribution in [-0.4, -0.2) is 28.5 Å². The lowest BCUT2D eigenvalue weighted by Crippen LogP contribution is -2.33. The van der Waals surface area contributed by atoms with Crippen LogP contribution < -0.4 is 0 Å². The van der Waals surface area contributed by atoms with Crippen molar-refractivity contribution in [2.45, 2.75) is 32.7 Å². The fourth-order valence-corrected chi connectivity index (χ4v) is 3.66. The average Bonchev–Trinajstić information content (AvgIpc) is 3.42. The fraction of sp³-hybridized carbons (Fsp3) is 0.348. The number of amides is 1. The van der Waals surface area contributed by atoms with Crippen LogP contribution in [-0.2, 0) is 6.54 Å². The summed E-state index contributed by atoms with van der Waals surface area (Å²) in [6.45, 7) is 4.68. The number of aromatic nitrogens is 1. The minimum Gasteiger partial charge on any atom is -0.342 e. The first-order valence-electron chi connectivity index (χ1n) is 9.67. The maximum Gasteiger partial charge on any atom is 0.256 e. The van der Waals surface area contributed by atoms with Crippen molar-refractivity contribution in [1.82, 2.24) is 9.47 Å². The predicted octanol–water partition coefficient (Wildman–Crippen LogP) is 4.95. The Morgan fingerprint density at radius 3 is 2.54 bits per heavy atom. The molecule has 1 aliphatic rings. The molecule has 1 aromatic heterocycles. The molecule has 0 atom stereocenters. The number of hydrogen-bond acceptors (Lipinski definition) is 1. The molecule has 0 aliphatic heterocycles. The van der Waals surface area contributed by atoms with Crippen LogP contribution in [0.5, 0.6) is 0 Å². The van der Waals surface area contributed by atoms with E-state index in [9.17, 15) is 4.79 Å². The van der Waals surface area contributed by atoms with Gasteiger partial charge in [-0.25, -0.2) is 0 Å². The van der Waals surface area contributed by atoms with Crippen molar-refractivity contribution in [3.8, 4) is 0 Å².